The zero-order valence-electron chi connectivity index (χ0n) is 13.4. The molecule has 0 radical (unpaired) electrons. The second-order valence-electron chi connectivity index (χ2n) is 5.77. The number of hydrogen-bond donors (Lipinski definition) is 2. The van der Waals surface area contributed by atoms with Crippen molar-refractivity contribution in [1.29, 1.82) is 0 Å². The van der Waals surface area contributed by atoms with Gasteiger partial charge < -0.3 is 10.8 Å². The van der Waals surface area contributed by atoms with Gasteiger partial charge in [0, 0.05) is 5.70 Å². The van der Waals surface area contributed by atoms with Gasteiger partial charge in [-0.2, -0.15) is 0 Å². The Labute approximate surface area is 126 Å². The highest BCUT2D eigenvalue weighted by Gasteiger charge is 1.97. The fraction of sp³-hybridized carbons (Fsp3) is 0.778. The Bertz CT molecular complexity index is 248. The standard InChI is InChI=1S/C18H35NO/c1-3-4-5-6-7-8-9-10-11-12-13-14-15-16-18(20)17(2)19/h15-16,18,20H,2-14,19H2,1H3/b16-15+/t18-/m1/s1. The van der Waals surface area contributed by atoms with Gasteiger partial charge in [0.2, 0.25) is 0 Å². The molecule has 118 valence electrons. The number of aliphatic hydroxyl groups excluding tert-OH is 1. The van der Waals surface area contributed by atoms with Crippen LogP contribution in [0, 0.1) is 0 Å². The maximum atomic E-state index is 9.39. The Balaban J connectivity index is 3.15. The second-order valence-corrected chi connectivity index (χ2v) is 5.77. The first-order valence-corrected chi connectivity index (χ1v) is 8.47. The summed E-state index contributed by atoms with van der Waals surface area (Å²) in [4.78, 5) is 0. The van der Waals surface area contributed by atoms with Crippen molar-refractivity contribution in [2.75, 3.05) is 0 Å². The van der Waals surface area contributed by atoms with E-state index in [9.17, 15) is 5.11 Å². The van der Waals surface area contributed by atoms with Crippen molar-refractivity contribution >= 4 is 0 Å². The number of unbranched alkanes of at least 4 members (excludes halogenated alkanes) is 11. The number of hydrogen-bond acceptors (Lipinski definition) is 2. The van der Waals surface area contributed by atoms with Crippen LogP contribution >= 0.6 is 0 Å². The van der Waals surface area contributed by atoms with Crippen LogP contribution in [0.3, 0.4) is 0 Å². The average molecular weight is 281 g/mol. The zero-order valence-corrected chi connectivity index (χ0v) is 13.4. The molecule has 0 aromatic rings. The summed E-state index contributed by atoms with van der Waals surface area (Å²) >= 11 is 0. The normalized spacial score (nSPS) is 12.9. The molecule has 0 aliphatic heterocycles. The van der Waals surface area contributed by atoms with Crippen LogP contribution in [-0.4, -0.2) is 11.2 Å². The van der Waals surface area contributed by atoms with Crippen LogP contribution < -0.4 is 5.73 Å². The fourth-order valence-electron chi connectivity index (χ4n) is 2.28. The smallest absolute Gasteiger partial charge is 0.111 e. The third kappa shape index (κ3) is 13.7. The first kappa shape index (κ1) is 19.2. The molecule has 0 fully saturated rings. The Hall–Kier alpha value is -0.760. The van der Waals surface area contributed by atoms with E-state index >= 15 is 0 Å². The summed E-state index contributed by atoms with van der Waals surface area (Å²) in [6.07, 6.45) is 19.1. The van der Waals surface area contributed by atoms with Crippen molar-refractivity contribution in [1.82, 2.24) is 0 Å². The molecule has 3 N–H and O–H groups in total. The van der Waals surface area contributed by atoms with Crippen LogP contribution in [-0.2, 0) is 0 Å². The van der Waals surface area contributed by atoms with Crippen LogP contribution in [0.4, 0.5) is 0 Å². The van der Waals surface area contributed by atoms with Crippen molar-refractivity contribution in [2.24, 2.45) is 5.73 Å². The monoisotopic (exact) mass is 281 g/mol. The number of nitrogens with two attached hydrogens (primary N) is 1. The minimum atomic E-state index is -0.678. The first-order valence-electron chi connectivity index (χ1n) is 8.47. The summed E-state index contributed by atoms with van der Waals surface area (Å²) in [5, 5.41) is 9.39. The van der Waals surface area contributed by atoms with E-state index in [1.165, 1.54) is 70.6 Å². The first-order chi connectivity index (χ1) is 9.68. The quantitative estimate of drug-likeness (QED) is 0.344. The lowest BCUT2D eigenvalue weighted by atomic mass is 10.1. The predicted octanol–water partition coefficient (Wildman–Crippen LogP) is 5.08. The van der Waals surface area contributed by atoms with Crippen LogP contribution in [0.15, 0.2) is 24.4 Å². The molecule has 0 aliphatic rings. The molecule has 2 nitrogen and oxygen atoms in total. The van der Waals surface area contributed by atoms with Crippen molar-refractivity contribution in [2.45, 2.75) is 90.1 Å². The molecule has 0 saturated heterocycles. The molecule has 0 aromatic heterocycles. The van der Waals surface area contributed by atoms with Crippen LogP contribution in [0.2, 0.25) is 0 Å². The largest absolute Gasteiger partial charge is 0.400 e. The molecule has 0 saturated carbocycles. The summed E-state index contributed by atoms with van der Waals surface area (Å²) in [7, 11) is 0. The highest BCUT2D eigenvalue weighted by atomic mass is 16.3. The molecule has 0 bridgehead atoms. The van der Waals surface area contributed by atoms with Gasteiger partial charge >= 0.3 is 0 Å². The Morgan fingerprint density at radius 2 is 1.40 bits per heavy atom. The minimum absolute atomic E-state index is 0.320. The highest BCUT2D eigenvalue weighted by Crippen LogP contribution is 2.12. The van der Waals surface area contributed by atoms with E-state index in [0.29, 0.717) is 5.70 Å². The van der Waals surface area contributed by atoms with Crippen LogP contribution in [0.25, 0.3) is 0 Å². The topological polar surface area (TPSA) is 46.2 Å². The maximum Gasteiger partial charge on any atom is 0.111 e. The maximum absolute atomic E-state index is 9.39. The lowest BCUT2D eigenvalue weighted by Crippen LogP contribution is -2.12. The molecule has 0 spiro atoms. The third-order valence-corrected chi connectivity index (χ3v) is 3.67. The lowest BCUT2D eigenvalue weighted by molar-refractivity contribution is 0.257. The summed E-state index contributed by atoms with van der Waals surface area (Å²) in [6, 6.07) is 0. The Kier molecular flexibility index (Phi) is 14.1. The number of aliphatic hydroxyl groups is 1. The van der Waals surface area contributed by atoms with E-state index in [4.69, 9.17) is 5.73 Å². The van der Waals surface area contributed by atoms with Gasteiger partial charge in [-0.15, -0.1) is 0 Å². The fourth-order valence-corrected chi connectivity index (χ4v) is 2.28. The summed E-state index contributed by atoms with van der Waals surface area (Å²) in [5.74, 6) is 0. The van der Waals surface area contributed by atoms with Crippen molar-refractivity contribution in [3.63, 3.8) is 0 Å². The van der Waals surface area contributed by atoms with E-state index < -0.39 is 6.10 Å². The number of allylic oxidation sites excluding steroid dienone is 1. The van der Waals surface area contributed by atoms with Gasteiger partial charge in [0.05, 0.1) is 0 Å². The van der Waals surface area contributed by atoms with Crippen molar-refractivity contribution in [3.8, 4) is 0 Å². The van der Waals surface area contributed by atoms with E-state index in [1.807, 2.05) is 6.08 Å². The summed E-state index contributed by atoms with van der Waals surface area (Å²) in [5.41, 5.74) is 5.71. The minimum Gasteiger partial charge on any atom is -0.400 e. The van der Waals surface area contributed by atoms with Gasteiger partial charge in [-0.3, -0.25) is 0 Å². The van der Waals surface area contributed by atoms with Gasteiger partial charge in [-0.1, -0.05) is 89.9 Å². The third-order valence-electron chi connectivity index (χ3n) is 3.67. The molecule has 0 aliphatic carbocycles. The Morgan fingerprint density at radius 1 is 0.950 bits per heavy atom. The molecule has 20 heavy (non-hydrogen) atoms. The molecule has 0 rings (SSSR count). The van der Waals surface area contributed by atoms with Gasteiger partial charge in [0.15, 0.2) is 0 Å². The summed E-state index contributed by atoms with van der Waals surface area (Å²) < 4.78 is 0. The zero-order chi connectivity index (χ0) is 15.1. The van der Waals surface area contributed by atoms with Gasteiger partial charge in [0.25, 0.3) is 0 Å². The van der Waals surface area contributed by atoms with Crippen LogP contribution in [0.5, 0.6) is 0 Å². The van der Waals surface area contributed by atoms with E-state index in [-0.39, 0.29) is 0 Å². The molecule has 2 heteroatoms. The molecule has 0 heterocycles. The molecular formula is C18H35NO. The average Bonchev–Trinajstić information content (AvgIpc) is 2.43. The van der Waals surface area contributed by atoms with Crippen molar-refractivity contribution < 1.29 is 5.11 Å². The van der Waals surface area contributed by atoms with Crippen molar-refractivity contribution in [3.05, 3.63) is 24.4 Å². The second kappa shape index (κ2) is 14.6. The van der Waals surface area contributed by atoms with Gasteiger partial charge in [-0.25, -0.2) is 0 Å². The van der Waals surface area contributed by atoms with E-state index in [1.54, 1.807) is 6.08 Å². The van der Waals surface area contributed by atoms with Gasteiger partial charge in [-0.05, 0) is 12.8 Å². The molecular weight excluding hydrogens is 246 g/mol. The van der Waals surface area contributed by atoms with E-state index in [2.05, 4.69) is 13.5 Å². The lowest BCUT2D eigenvalue weighted by Gasteiger charge is -2.03. The molecule has 0 unspecified atom stereocenters. The SMILES string of the molecule is C=C(N)[C@H](O)/C=C/CCCCCCCCCCCCC. The molecule has 0 amide bonds. The predicted molar refractivity (Wildman–Crippen MR) is 89.6 cm³/mol. The van der Waals surface area contributed by atoms with Gasteiger partial charge in [0.1, 0.15) is 6.10 Å². The summed E-state index contributed by atoms with van der Waals surface area (Å²) in [6.45, 7) is 5.78. The van der Waals surface area contributed by atoms with E-state index in [0.717, 1.165) is 6.42 Å². The number of rotatable bonds is 14. The molecule has 0 aromatic carbocycles. The molecule has 1 atom stereocenters. The highest BCUT2D eigenvalue weighted by molar-refractivity contribution is 5.06. The van der Waals surface area contributed by atoms with Crippen LogP contribution in [0.1, 0.15) is 84.0 Å². The Morgan fingerprint density at radius 3 is 1.85 bits per heavy atom.